The lowest BCUT2D eigenvalue weighted by molar-refractivity contribution is 0.0534. The van der Waals surface area contributed by atoms with Crippen molar-refractivity contribution in [1.82, 2.24) is 35.4 Å². The van der Waals surface area contributed by atoms with Gasteiger partial charge in [-0.3, -0.25) is 4.79 Å². The second kappa shape index (κ2) is 9.31. The number of carbonyl (C=O) groups excluding carboxylic acids is 2. The smallest absolute Gasteiger partial charge is 0.338 e. The number of β-amino-alcohol motifs (C(OH)–C–C–N with tert-alkyl or cyclic N) is 1. The molecule has 0 unspecified atom stereocenters. The summed E-state index contributed by atoms with van der Waals surface area (Å²) in [6.45, 7) is 4.41. The predicted octanol–water partition coefficient (Wildman–Crippen LogP) is 1.74. The number of aromatic nitrogens is 5. The van der Waals surface area contributed by atoms with E-state index in [4.69, 9.17) is 4.74 Å². The number of benzene rings is 1. The lowest BCUT2D eigenvalue weighted by Crippen LogP contribution is -2.59. The monoisotopic (exact) mass is 503 g/mol. The molecule has 3 aliphatic rings. The van der Waals surface area contributed by atoms with Crippen LogP contribution >= 0.6 is 0 Å². The molecule has 1 saturated heterocycles. The van der Waals surface area contributed by atoms with Gasteiger partial charge in [0.25, 0.3) is 5.91 Å². The van der Waals surface area contributed by atoms with E-state index < -0.39 is 6.10 Å². The summed E-state index contributed by atoms with van der Waals surface area (Å²) in [7, 11) is 0. The first-order chi connectivity index (χ1) is 17.9. The molecule has 6 rings (SSSR count). The molecule has 2 atom stereocenters. The maximum Gasteiger partial charge on any atom is 0.338 e. The highest BCUT2D eigenvalue weighted by Gasteiger charge is 2.47. The third-order valence-corrected chi connectivity index (χ3v) is 8.25. The van der Waals surface area contributed by atoms with Crippen LogP contribution in [0, 0.1) is 12.8 Å². The second-order valence-corrected chi connectivity index (χ2v) is 10.3. The molecule has 3 aromatic rings. The zero-order chi connectivity index (χ0) is 25.6. The second-order valence-electron chi connectivity index (χ2n) is 10.3. The number of cyclic esters (lactones) is 1. The van der Waals surface area contributed by atoms with Gasteiger partial charge in [0, 0.05) is 30.4 Å². The van der Waals surface area contributed by atoms with Crippen LogP contribution in [0.15, 0.2) is 36.8 Å². The molecule has 2 aliphatic heterocycles. The summed E-state index contributed by atoms with van der Waals surface area (Å²) < 4.78 is 6.59. The molecule has 37 heavy (non-hydrogen) atoms. The Kier molecular flexibility index (Phi) is 5.96. The topological polar surface area (TPSA) is 135 Å². The number of carbonyl (C=O) groups is 2. The van der Waals surface area contributed by atoms with Gasteiger partial charge in [0.2, 0.25) is 0 Å². The number of pyridine rings is 1. The number of aliphatic hydroxyl groups is 1. The average Bonchev–Trinajstić information content (AvgIpc) is 3.64. The van der Waals surface area contributed by atoms with E-state index in [1.165, 1.54) is 11.0 Å². The highest BCUT2D eigenvalue weighted by atomic mass is 16.5. The fourth-order valence-corrected chi connectivity index (χ4v) is 5.93. The van der Waals surface area contributed by atoms with Crippen molar-refractivity contribution in [3.8, 4) is 5.82 Å². The molecule has 1 saturated carbocycles. The molecule has 2 N–H and O–H groups in total. The van der Waals surface area contributed by atoms with Gasteiger partial charge in [-0.15, -0.1) is 5.10 Å². The van der Waals surface area contributed by atoms with Crippen LogP contribution in [0.1, 0.15) is 69.2 Å². The number of hydrogen-bond donors (Lipinski definition) is 2. The Labute approximate surface area is 213 Å². The first-order valence-electron chi connectivity index (χ1n) is 12.7. The number of nitrogens with zero attached hydrogens (tertiary/aromatic N) is 6. The van der Waals surface area contributed by atoms with Crippen molar-refractivity contribution in [1.29, 1.82) is 0 Å². The minimum atomic E-state index is -0.656. The molecule has 2 fully saturated rings. The van der Waals surface area contributed by atoms with E-state index in [-0.39, 0.29) is 24.0 Å². The van der Waals surface area contributed by atoms with Crippen molar-refractivity contribution >= 4 is 11.9 Å². The van der Waals surface area contributed by atoms with Gasteiger partial charge in [0.05, 0.1) is 17.2 Å². The fraction of sp³-hybridized carbons (Fsp3) is 0.462. The minimum absolute atomic E-state index is 0.125. The van der Waals surface area contributed by atoms with Crippen molar-refractivity contribution in [2.45, 2.75) is 50.9 Å². The molecular weight excluding hydrogens is 474 g/mol. The van der Waals surface area contributed by atoms with Crippen molar-refractivity contribution in [2.75, 3.05) is 19.6 Å². The Morgan fingerprint density at radius 3 is 2.86 bits per heavy atom. The lowest BCUT2D eigenvalue weighted by atomic mass is 9.67. The van der Waals surface area contributed by atoms with Gasteiger partial charge < -0.3 is 20.1 Å². The number of aliphatic hydroxyl groups excluding tert-OH is 1. The van der Waals surface area contributed by atoms with E-state index in [0.29, 0.717) is 29.4 Å². The molecular formula is C26H29N7O4. The Morgan fingerprint density at radius 2 is 2.16 bits per heavy atom. The van der Waals surface area contributed by atoms with E-state index in [1.807, 2.05) is 13.0 Å². The summed E-state index contributed by atoms with van der Waals surface area (Å²) in [4.78, 5) is 31.6. The minimum Gasteiger partial charge on any atom is -0.457 e. The molecule has 0 radical (unpaired) electrons. The number of fused-ring (bicyclic) bond motifs is 1. The first kappa shape index (κ1) is 23.7. The third-order valence-electron chi connectivity index (χ3n) is 8.25. The molecule has 1 aromatic carbocycles. The Bertz CT molecular complexity index is 1320. The molecule has 11 heteroatoms. The highest BCUT2D eigenvalue weighted by Crippen LogP contribution is 2.43. The average molecular weight is 504 g/mol. The number of nitrogens with one attached hydrogen (secondary N) is 1. The number of amides is 1. The Balaban J connectivity index is 1.09. The summed E-state index contributed by atoms with van der Waals surface area (Å²) >= 11 is 0. The summed E-state index contributed by atoms with van der Waals surface area (Å²) in [5.74, 6) is 0.439. The number of tetrazole rings is 1. The SMILES string of the molecule is Cc1c([C@@H](O)CN2CC[C@@H](C3(NC(=O)c4ccc(-n5cnnn5)nc4)CCC3)C2)ccc2c1COC2=O. The maximum atomic E-state index is 13.1. The summed E-state index contributed by atoms with van der Waals surface area (Å²) in [5, 5.41) is 25.4. The van der Waals surface area contributed by atoms with Crippen LogP contribution in [0.3, 0.4) is 0 Å². The van der Waals surface area contributed by atoms with Gasteiger partial charge in [-0.2, -0.15) is 4.68 Å². The standard InChI is InChI=1S/C26H29N7O4/c1-16-19(4-5-20-21(16)14-37-25(20)36)22(34)13-32-10-7-18(12-32)26(8-2-9-26)29-24(35)17-3-6-23(27-11-17)33-15-28-30-31-33/h3-6,11,15,18,22,34H,2,7-10,12-14H2,1H3,(H,29,35)/t18-,22+/m1/s1. The summed E-state index contributed by atoms with van der Waals surface area (Å²) in [6.07, 6.45) is 6.31. The molecule has 2 aromatic heterocycles. The molecule has 192 valence electrons. The van der Waals surface area contributed by atoms with Crippen molar-refractivity contribution in [3.05, 3.63) is 64.6 Å². The largest absolute Gasteiger partial charge is 0.457 e. The van der Waals surface area contributed by atoms with Gasteiger partial charge >= 0.3 is 5.97 Å². The highest BCUT2D eigenvalue weighted by molar-refractivity contribution is 5.95. The van der Waals surface area contributed by atoms with Gasteiger partial charge in [-0.05, 0) is 84.8 Å². The number of hydrogen-bond acceptors (Lipinski definition) is 9. The van der Waals surface area contributed by atoms with E-state index in [1.54, 1.807) is 24.4 Å². The van der Waals surface area contributed by atoms with Crippen molar-refractivity contribution < 1.29 is 19.4 Å². The number of esters is 1. The van der Waals surface area contributed by atoms with E-state index >= 15 is 0 Å². The summed E-state index contributed by atoms with van der Waals surface area (Å²) in [5.41, 5.74) is 3.50. The molecule has 4 heterocycles. The maximum absolute atomic E-state index is 13.1. The van der Waals surface area contributed by atoms with Crippen LogP contribution in [0.25, 0.3) is 5.82 Å². The zero-order valence-corrected chi connectivity index (χ0v) is 20.6. The Morgan fingerprint density at radius 1 is 1.30 bits per heavy atom. The van der Waals surface area contributed by atoms with E-state index in [2.05, 4.69) is 30.7 Å². The van der Waals surface area contributed by atoms with Crippen LogP contribution in [-0.2, 0) is 11.3 Å². The number of ether oxygens (including phenoxy) is 1. The molecule has 0 bridgehead atoms. The van der Waals surface area contributed by atoms with E-state index in [9.17, 15) is 14.7 Å². The number of rotatable bonds is 7. The fourth-order valence-electron chi connectivity index (χ4n) is 5.93. The first-order valence-corrected chi connectivity index (χ1v) is 12.7. The lowest BCUT2D eigenvalue weighted by Gasteiger charge is -2.47. The van der Waals surface area contributed by atoms with Gasteiger partial charge in [0.15, 0.2) is 5.82 Å². The van der Waals surface area contributed by atoms with Gasteiger partial charge in [-0.25, -0.2) is 9.78 Å². The molecule has 0 spiro atoms. The van der Waals surface area contributed by atoms with E-state index in [0.717, 1.165) is 55.5 Å². The van der Waals surface area contributed by atoms with Crippen molar-refractivity contribution in [2.24, 2.45) is 5.92 Å². The quantitative estimate of drug-likeness (QED) is 0.462. The third kappa shape index (κ3) is 4.27. The van der Waals surface area contributed by atoms with Crippen LogP contribution in [0.4, 0.5) is 0 Å². The Hall–Kier alpha value is -3.70. The molecule has 1 amide bonds. The van der Waals surface area contributed by atoms with Crippen LogP contribution in [0.5, 0.6) is 0 Å². The molecule has 11 nitrogen and oxygen atoms in total. The molecule has 1 aliphatic carbocycles. The summed E-state index contributed by atoms with van der Waals surface area (Å²) in [6, 6.07) is 7.05. The van der Waals surface area contributed by atoms with Gasteiger partial charge in [-0.1, -0.05) is 6.07 Å². The van der Waals surface area contributed by atoms with Crippen LogP contribution in [0.2, 0.25) is 0 Å². The zero-order valence-electron chi connectivity index (χ0n) is 20.6. The van der Waals surface area contributed by atoms with Crippen molar-refractivity contribution in [3.63, 3.8) is 0 Å². The van der Waals surface area contributed by atoms with Gasteiger partial charge in [0.1, 0.15) is 12.9 Å². The van der Waals surface area contributed by atoms with Crippen LogP contribution in [-0.4, -0.2) is 72.2 Å². The number of likely N-dealkylation sites (tertiary alicyclic amines) is 1. The predicted molar refractivity (Wildman–Crippen MR) is 131 cm³/mol. The normalized spacial score (nSPS) is 21.2. The van der Waals surface area contributed by atoms with Crippen LogP contribution < -0.4 is 5.32 Å².